The van der Waals surface area contributed by atoms with Crippen LogP contribution in [0.25, 0.3) is 0 Å². The third-order valence-corrected chi connectivity index (χ3v) is 3.59. The van der Waals surface area contributed by atoms with Gasteiger partial charge in [0.1, 0.15) is 11.4 Å². The fourth-order valence-corrected chi connectivity index (χ4v) is 2.27. The second-order valence-electron chi connectivity index (χ2n) is 5.74. The van der Waals surface area contributed by atoms with Gasteiger partial charge in [-0.15, -0.1) is 0 Å². The first-order valence-corrected chi connectivity index (χ1v) is 7.63. The van der Waals surface area contributed by atoms with Gasteiger partial charge in [0.25, 0.3) is 5.91 Å². The van der Waals surface area contributed by atoms with Gasteiger partial charge in [0.05, 0.1) is 4.92 Å². The zero-order valence-electron chi connectivity index (χ0n) is 14.6. The zero-order chi connectivity index (χ0) is 18.6. The van der Waals surface area contributed by atoms with Gasteiger partial charge in [-0.05, 0) is 24.6 Å². The molecule has 0 unspecified atom stereocenters. The Balaban J connectivity index is 2.06. The summed E-state index contributed by atoms with van der Waals surface area (Å²) in [6, 6.07) is 7.20. The molecular weight excluding hydrogens is 326 g/mol. The number of rotatable bonds is 7. The highest BCUT2D eigenvalue weighted by Crippen LogP contribution is 2.27. The maximum absolute atomic E-state index is 11.6. The molecule has 1 heterocycles. The average molecular weight is 347 g/mol. The minimum absolute atomic E-state index is 0.0357. The maximum atomic E-state index is 11.6. The number of aryl methyl sites for hydroxylation is 2. The summed E-state index contributed by atoms with van der Waals surface area (Å²) < 4.78 is 6.91. The summed E-state index contributed by atoms with van der Waals surface area (Å²) in [5.41, 5.74) is 1.18. The van der Waals surface area contributed by atoms with Gasteiger partial charge in [0.15, 0.2) is 6.61 Å². The van der Waals surface area contributed by atoms with Crippen LogP contribution in [0.3, 0.4) is 0 Å². The molecule has 0 radical (unpaired) electrons. The minimum Gasteiger partial charge on any atom is -0.484 e. The third kappa shape index (κ3) is 4.46. The van der Waals surface area contributed by atoms with E-state index in [1.54, 1.807) is 46.3 Å². The van der Waals surface area contributed by atoms with Crippen LogP contribution in [0.4, 0.5) is 11.5 Å². The monoisotopic (exact) mass is 347 g/mol. The molecule has 134 valence electrons. The Kier molecular flexibility index (Phi) is 5.58. The van der Waals surface area contributed by atoms with E-state index < -0.39 is 4.92 Å². The molecule has 0 spiro atoms. The van der Waals surface area contributed by atoms with Crippen molar-refractivity contribution in [2.45, 2.75) is 13.5 Å². The van der Waals surface area contributed by atoms with Crippen molar-refractivity contribution in [1.82, 2.24) is 14.7 Å². The molecule has 1 aromatic heterocycles. The second kappa shape index (κ2) is 7.65. The molecule has 0 bridgehead atoms. The molecule has 9 nitrogen and oxygen atoms in total. The van der Waals surface area contributed by atoms with Crippen LogP contribution in [0.5, 0.6) is 5.75 Å². The lowest BCUT2D eigenvalue weighted by Crippen LogP contribution is -2.27. The quantitative estimate of drug-likeness (QED) is 0.604. The minimum atomic E-state index is -0.447. The maximum Gasteiger partial charge on any atom is 0.333 e. The van der Waals surface area contributed by atoms with Gasteiger partial charge in [0, 0.05) is 27.7 Å². The normalized spacial score (nSPS) is 10.4. The first-order valence-electron chi connectivity index (χ1n) is 7.63. The molecule has 1 amide bonds. The number of nitro groups is 1. The van der Waals surface area contributed by atoms with Crippen LogP contribution < -0.4 is 10.1 Å². The number of likely N-dealkylation sites (N-methyl/N-ethyl adjacent to an activating group) is 1. The number of benzene rings is 1. The molecular formula is C16H21N5O4. The molecule has 2 rings (SSSR count). The van der Waals surface area contributed by atoms with Crippen LogP contribution in [0, 0.1) is 17.0 Å². The lowest BCUT2D eigenvalue weighted by molar-refractivity contribution is -0.384. The highest BCUT2D eigenvalue weighted by Gasteiger charge is 2.23. The van der Waals surface area contributed by atoms with E-state index in [2.05, 4.69) is 10.4 Å². The lowest BCUT2D eigenvalue weighted by atomic mass is 10.2. The SMILES string of the molecule is Cc1nn(C)c(NCc2cccc(OCC(=O)N(C)C)c2)c1[N+](=O)[O-]. The van der Waals surface area contributed by atoms with E-state index in [1.165, 1.54) is 9.58 Å². The van der Waals surface area contributed by atoms with Gasteiger partial charge in [-0.25, -0.2) is 4.68 Å². The smallest absolute Gasteiger partial charge is 0.333 e. The summed E-state index contributed by atoms with van der Waals surface area (Å²) in [4.78, 5) is 23.8. The second-order valence-corrected chi connectivity index (χ2v) is 5.74. The van der Waals surface area contributed by atoms with Crippen LogP contribution in [0.2, 0.25) is 0 Å². The molecule has 0 atom stereocenters. The molecule has 0 fully saturated rings. The Bertz CT molecular complexity index is 785. The average Bonchev–Trinajstić information content (AvgIpc) is 2.84. The molecule has 1 N–H and O–H groups in total. The molecule has 25 heavy (non-hydrogen) atoms. The van der Waals surface area contributed by atoms with E-state index in [0.717, 1.165) is 5.56 Å². The fraction of sp³-hybridized carbons (Fsp3) is 0.375. The molecule has 0 saturated carbocycles. The Morgan fingerprint density at radius 3 is 2.80 bits per heavy atom. The van der Waals surface area contributed by atoms with Crippen LogP contribution in [-0.4, -0.2) is 46.2 Å². The van der Waals surface area contributed by atoms with Gasteiger partial charge in [-0.2, -0.15) is 5.10 Å². The van der Waals surface area contributed by atoms with Crippen molar-refractivity contribution in [3.05, 3.63) is 45.6 Å². The van der Waals surface area contributed by atoms with Gasteiger partial charge < -0.3 is 15.0 Å². The topological polar surface area (TPSA) is 103 Å². The van der Waals surface area contributed by atoms with Crippen molar-refractivity contribution < 1.29 is 14.5 Å². The highest BCUT2D eigenvalue weighted by atomic mass is 16.6. The van der Waals surface area contributed by atoms with Crippen LogP contribution in [-0.2, 0) is 18.4 Å². The van der Waals surface area contributed by atoms with Crippen molar-refractivity contribution in [2.75, 3.05) is 26.0 Å². The molecule has 0 aliphatic heterocycles. The summed E-state index contributed by atoms with van der Waals surface area (Å²) in [6.45, 7) is 1.91. The number of hydrogen-bond acceptors (Lipinski definition) is 6. The summed E-state index contributed by atoms with van der Waals surface area (Å²) in [5.74, 6) is 0.770. The number of hydrogen-bond donors (Lipinski definition) is 1. The summed E-state index contributed by atoms with van der Waals surface area (Å²) >= 11 is 0. The molecule has 0 saturated heterocycles. The van der Waals surface area contributed by atoms with Crippen LogP contribution in [0.15, 0.2) is 24.3 Å². The fourth-order valence-electron chi connectivity index (χ4n) is 2.27. The van der Waals surface area contributed by atoms with Crippen molar-refractivity contribution in [1.29, 1.82) is 0 Å². The molecule has 0 aliphatic carbocycles. The predicted molar refractivity (Wildman–Crippen MR) is 92.6 cm³/mol. The number of carbonyl (C=O) groups excluding carboxylic acids is 1. The van der Waals surface area contributed by atoms with Gasteiger partial charge in [-0.3, -0.25) is 14.9 Å². The van der Waals surface area contributed by atoms with E-state index >= 15 is 0 Å². The van der Waals surface area contributed by atoms with Crippen molar-refractivity contribution in [3.63, 3.8) is 0 Å². The van der Waals surface area contributed by atoms with Crippen molar-refractivity contribution >= 4 is 17.4 Å². The van der Waals surface area contributed by atoms with Crippen molar-refractivity contribution in [3.8, 4) is 5.75 Å². The molecule has 1 aromatic carbocycles. The molecule has 9 heteroatoms. The first kappa shape index (κ1) is 18.2. The van der Waals surface area contributed by atoms with Gasteiger partial charge in [0.2, 0.25) is 5.82 Å². The number of anilines is 1. The first-order chi connectivity index (χ1) is 11.8. The Morgan fingerprint density at radius 2 is 2.16 bits per heavy atom. The number of carbonyl (C=O) groups is 1. The standard InChI is InChI=1S/C16H21N5O4/c1-11-15(21(23)24)16(20(4)18-11)17-9-12-6-5-7-13(8-12)25-10-14(22)19(2)3/h5-8,17H,9-10H2,1-4H3. The van der Waals surface area contributed by atoms with E-state index in [0.29, 0.717) is 23.8 Å². The zero-order valence-corrected chi connectivity index (χ0v) is 14.6. The predicted octanol–water partition coefficient (Wildman–Crippen LogP) is 1.72. The van der Waals surface area contributed by atoms with Gasteiger partial charge in [-0.1, -0.05) is 12.1 Å². The number of ether oxygens (including phenoxy) is 1. The van der Waals surface area contributed by atoms with E-state index in [-0.39, 0.29) is 18.2 Å². The van der Waals surface area contributed by atoms with Crippen molar-refractivity contribution in [2.24, 2.45) is 7.05 Å². The van der Waals surface area contributed by atoms with Crippen LogP contribution >= 0.6 is 0 Å². The van der Waals surface area contributed by atoms with Crippen LogP contribution in [0.1, 0.15) is 11.3 Å². The van der Waals surface area contributed by atoms with Gasteiger partial charge >= 0.3 is 5.69 Å². The number of nitrogens with one attached hydrogen (secondary N) is 1. The Labute approximate surface area is 145 Å². The Hall–Kier alpha value is -3.10. The molecule has 2 aromatic rings. The summed E-state index contributed by atoms with van der Waals surface area (Å²) in [7, 11) is 4.97. The lowest BCUT2D eigenvalue weighted by Gasteiger charge is -2.12. The summed E-state index contributed by atoms with van der Waals surface area (Å²) in [6.07, 6.45) is 0. The number of aromatic nitrogens is 2. The largest absolute Gasteiger partial charge is 0.484 e. The van der Waals surface area contributed by atoms with E-state index in [9.17, 15) is 14.9 Å². The number of amides is 1. The highest BCUT2D eigenvalue weighted by molar-refractivity contribution is 5.77. The van der Waals surface area contributed by atoms with E-state index in [4.69, 9.17) is 4.74 Å². The third-order valence-electron chi connectivity index (χ3n) is 3.59. The number of nitrogens with zero attached hydrogens (tertiary/aromatic N) is 4. The van der Waals surface area contributed by atoms with E-state index in [1.807, 2.05) is 6.07 Å². The Morgan fingerprint density at radius 1 is 1.44 bits per heavy atom. The molecule has 0 aliphatic rings. The summed E-state index contributed by atoms with van der Waals surface area (Å²) in [5, 5.41) is 18.3.